The number of benzene rings is 1. The highest BCUT2D eigenvalue weighted by molar-refractivity contribution is 5.97. The molecule has 10 nitrogen and oxygen atoms in total. The Hall–Kier alpha value is -4.91. The van der Waals surface area contributed by atoms with Crippen molar-refractivity contribution < 1.29 is 9.53 Å². The van der Waals surface area contributed by atoms with Gasteiger partial charge in [0.25, 0.3) is 0 Å². The molecule has 0 aliphatic carbocycles. The molecule has 10 heteroatoms. The van der Waals surface area contributed by atoms with Crippen LogP contribution in [0.5, 0.6) is 11.6 Å². The van der Waals surface area contributed by atoms with E-state index in [4.69, 9.17) is 9.72 Å². The molecular formula is C24H18N8O2. The van der Waals surface area contributed by atoms with E-state index >= 15 is 0 Å². The van der Waals surface area contributed by atoms with Crippen LogP contribution in [-0.2, 0) is 0 Å². The Balaban J connectivity index is 1.60. The third-order valence-electron chi connectivity index (χ3n) is 5.20. The van der Waals surface area contributed by atoms with Crippen LogP contribution >= 0.6 is 0 Å². The molecule has 0 saturated heterocycles. The maximum Gasteiger partial charge on any atom is 0.238 e. The molecule has 0 amide bonds. The highest BCUT2D eigenvalue weighted by atomic mass is 16.5. The first-order valence-electron chi connectivity index (χ1n) is 10.4. The van der Waals surface area contributed by atoms with Gasteiger partial charge in [0.15, 0.2) is 17.3 Å². The van der Waals surface area contributed by atoms with Gasteiger partial charge in [-0.25, -0.2) is 14.6 Å². The van der Waals surface area contributed by atoms with Gasteiger partial charge in [0.05, 0.1) is 22.3 Å². The van der Waals surface area contributed by atoms with Crippen molar-refractivity contribution in [3.63, 3.8) is 0 Å². The molecule has 34 heavy (non-hydrogen) atoms. The van der Waals surface area contributed by atoms with E-state index in [1.807, 2.05) is 31.2 Å². The van der Waals surface area contributed by atoms with E-state index in [1.54, 1.807) is 48.1 Å². The number of carbonyl (C=O) groups excluding carboxylic acids is 1. The Morgan fingerprint density at radius 1 is 1.06 bits per heavy atom. The topological polar surface area (TPSA) is 124 Å². The van der Waals surface area contributed by atoms with Gasteiger partial charge in [0.2, 0.25) is 5.88 Å². The number of fused-ring (bicyclic) bond motifs is 1. The number of aryl methyl sites for hydroxylation is 2. The van der Waals surface area contributed by atoms with Gasteiger partial charge in [-0.3, -0.25) is 9.36 Å². The second-order valence-corrected chi connectivity index (χ2v) is 7.67. The number of rotatable bonds is 5. The number of carbonyl (C=O) groups is 1. The van der Waals surface area contributed by atoms with E-state index in [9.17, 15) is 10.1 Å². The van der Waals surface area contributed by atoms with Crippen molar-refractivity contribution in [3.8, 4) is 29.3 Å². The van der Waals surface area contributed by atoms with Crippen LogP contribution in [0.1, 0.15) is 34.4 Å². The normalized spacial score (nSPS) is 10.9. The lowest BCUT2D eigenvalue weighted by Crippen LogP contribution is -2.11. The van der Waals surface area contributed by atoms with E-state index < -0.39 is 0 Å². The Morgan fingerprint density at radius 2 is 1.91 bits per heavy atom. The highest BCUT2D eigenvalue weighted by Crippen LogP contribution is 2.26. The molecule has 5 rings (SSSR count). The zero-order valence-electron chi connectivity index (χ0n) is 18.6. The van der Waals surface area contributed by atoms with Crippen molar-refractivity contribution in [2.45, 2.75) is 20.8 Å². The van der Waals surface area contributed by atoms with Gasteiger partial charge in [-0.2, -0.15) is 15.5 Å². The molecule has 0 bridgehead atoms. The first-order valence-corrected chi connectivity index (χ1v) is 10.4. The minimum Gasteiger partial charge on any atom is -0.437 e. The van der Waals surface area contributed by atoms with Gasteiger partial charge in [0, 0.05) is 17.8 Å². The third kappa shape index (κ3) is 3.75. The lowest BCUT2D eigenvalue weighted by molar-refractivity contribution is 0.101. The molecule has 166 valence electrons. The quantitative estimate of drug-likeness (QED) is 0.370. The standard InChI is InChI=1S/C24H18N8O2/c1-14-4-9-23(29-28-14)34-18-5-7-20-21(11-18)31(13-26-20)22-8-6-19(16(3)33)24(27-22)32-15(2)10-17(12-25)30-32/h4-11,13H,1-3H3. The number of nitriles is 1. The van der Waals surface area contributed by atoms with Crippen molar-refractivity contribution in [2.24, 2.45) is 0 Å². The van der Waals surface area contributed by atoms with Gasteiger partial charge in [0.1, 0.15) is 24.0 Å². The molecule has 1 aromatic carbocycles. The van der Waals surface area contributed by atoms with Crippen LogP contribution in [-0.4, -0.2) is 40.3 Å². The van der Waals surface area contributed by atoms with Crippen molar-refractivity contribution in [1.29, 1.82) is 5.26 Å². The number of aromatic nitrogens is 7. The zero-order chi connectivity index (χ0) is 23.8. The van der Waals surface area contributed by atoms with Crippen LogP contribution in [0.3, 0.4) is 0 Å². The second-order valence-electron chi connectivity index (χ2n) is 7.67. The summed E-state index contributed by atoms with van der Waals surface area (Å²) < 4.78 is 9.15. The zero-order valence-corrected chi connectivity index (χ0v) is 18.6. The van der Waals surface area contributed by atoms with E-state index in [1.165, 1.54) is 11.6 Å². The summed E-state index contributed by atoms with van der Waals surface area (Å²) in [4.78, 5) is 21.5. The van der Waals surface area contributed by atoms with E-state index in [0.717, 1.165) is 16.7 Å². The first kappa shape index (κ1) is 21.0. The van der Waals surface area contributed by atoms with Gasteiger partial charge >= 0.3 is 0 Å². The maximum absolute atomic E-state index is 12.3. The number of nitrogens with zero attached hydrogens (tertiary/aromatic N) is 8. The number of hydrogen-bond donors (Lipinski definition) is 0. The Bertz CT molecular complexity index is 1590. The van der Waals surface area contributed by atoms with Crippen LogP contribution in [0.25, 0.3) is 22.7 Å². The van der Waals surface area contributed by atoms with Crippen LogP contribution < -0.4 is 4.74 Å². The predicted molar refractivity (Wildman–Crippen MR) is 122 cm³/mol. The molecule has 5 aromatic rings. The van der Waals surface area contributed by atoms with Gasteiger partial charge in [-0.1, -0.05) is 0 Å². The molecule has 0 saturated carbocycles. The molecule has 0 spiro atoms. The highest BCUT2D eigenvalue weighted by Gasteiger charge is 2.17. The smallest absolute Gasteiger partial charge is 0.238 e. The number of ether oxygens (including phenoxy) is 1. The first-order chi connectivity index (χ1) is 16.4. The fourth-order valence-electron chi connectivity index (χ4n) is 3.55. The molecule has 4 heterocycles. The van der Waals surface area contributed by atoms with Gasteiger partial charge in [-0.05, 0) is 57.2 Å². The predicted octanol–water partition coefficient (Wildman–Crippen LogP) is 3.88. The fraction of sp³-hybridized carbons (Fsp3) is 0.125. The summed E-state index contributed by atoms with van der Waals surface area (Å²) in [5.74, 6) is 1.66. The van der Waals surface area contributed by atoms with Gasteiger partial charge in [-0.15, -0.1) is 5.10 Å². The molecule has 0 unspecified atom stereocenters. The Kier molecular flexibility index (Phi) is 5.07. The molecule has 0 fully saturated rings. The molecule has 4 aromatic heterocycles. The SMILES string of the molecule is CC(=O)c1ccc(-n2cnc3ccc(Oc4ccc(C)nn4)cc32)nc1-n1nc(C#N)cc1C. The average Bonchev–Trinajstić information content (AvgIpc) is 3.43. The number of Topliss-reactive ketones (excluding diaryl/α,β-unsaturated/α-hetero) is 1. The summed E-state index contributed by atoms with van der Waals surface area (Å²) in [6.07, 6.45) is 1.65. The summed E-state index contributed by atoms with van der Waals surface area (Å²) >= 11 is 0. The van der Waals surface area contributed by atoms with Crippen LogP contribution in [0, 0.1) is 25.2 Å². The lowest BCUT2D eigenvalue weighted by atomic mass is 10.2. The Morgan fingerprint density at radius 3 is 2.62 bits per heavy atom. The average molecular weight is 450 g/mol. The largest absolute Gasteiger partial charge is 0.437 e. The number of pyridine rings is 1. The number of hydrogen-bond acceptors (Lipinski definition) is 8. The molecular weight excluding hydrogens is 432 g/mol. The summed E-state index contributed by atoms with van der Waals surface area (Å²) in [5.41, 5.74) is 3.61. The molecule has 0 aliphatic rings. The summed E-state index contributed by atoms with van der Waals surface area (Å²) in [6.45, 7) is 5.12. The monoisotopic (exact) mass is 450 g/mol. The number of imidazole rings is 1. The minimum atomic E-state index is -0.159. The van der Waals surface area contributed by atoms with Crippen LogP contribution in [0.15, 0.2) is 54.9 Å². The summed E-state index contributed by atoms with van der Waals surface area (Å²) in [7, 11) is 0. The summed E-state index contributed by atoms with van der Waals surface area (Å²) in [6, 6.07) is 16.1. The van der Waals surface area contributed by atoms with Gasteiger partial charge < -0.3 is 4.74 Å². The van der Waals surface area contributed by atoms with E-state index in [0.29, 0.717) is 34.5 Å². The summed E-state index contributed by atoms with van der Waals surface area (Å²) in [5, 5.41) is 21.5. The Labute approximate surface area is 194 Å². The van der Waals surface area contributed by atoms with Crippen LogP contribution in [0.2, 0.25) is 0 Å². The molecule has 0 N–H and O–H groups in total. The van der Waals surface area contributed by atoms with Crippen molar-refractivity contribution in [2.75, 3.05) is 0 Å². The molecule has 0 radical (unpaired) electrons. The van der Waals surface area contributed by atoms with E-state index in [2.05, 4.69) is 20.3 Å². The van der Waals surface area contributed by atoms with E-state index in [-0.39, 0.29) is 11.5 Å². The lowest BCUT2D eigenvalue weighted by Gasteiger charge is -2.12. The van der Waals surface area contributed by atoms with Crippen molar-refractivity contribution in [3.05, 3.63) is 77.5 Å². The molecule has 0 atom stereocenters. The number of ketones is 1. The van der Waals surface area contributed by atoms with Crippen molar-refractivity contribution in [1.82, 2.24) is 34.5 Å². The maximum atomic E-state index is 12.3. The van der Waals surface area contributed by atoms with Crippen molar-refractivity contribution >= 4 is 16.8 Å². The van der Waals surface area contributed by atoms with Crippen LogP contribution in [0.4, 0.5) is 0 Å². The molecule has 0 aliphatic heterocycles. The minimum absolute atomic E-state index is 0.159. The second kappa shape index (κ2) is 8.22. The fourth-order valence-corrected chi connectivity index (χ4v) is 3.55. The third-order valence-corrected chi connectivity index (χ3v) is 5.20.